The molecule has 1 aromatic carbocycles. The maximum atomic E-state index is 6.69. The largest absolute Gasteiger partial charge is 0.411 e. The number of benzene rings is 1. The molecular formula is C23H36OSi. The highest BCUT2D eigenvalue weighted by Gasteiger charge is 2.52. The Labute approximate surface area is 156 Å². The van der Waals surface area contributed by atoms with Crippen molar-refractivity contribution in [3.8, 4) is 0 Å². The monoisotopic (exact) mass is 356 g/mol. The molecule has 25 heavy (non-hydrogen) atoms. The third-order valence-corrected chi connectivity index (χ3v) is 7.39. The van der Waals surface area contributed by atoms with Crippen molar-refractivity contribution in [3.05, 3.63) is 47.5 Å². The second kappa shape index (κ2) is 7.40. The molecule has 0 aliphatic heterocycles. The predicted molar refractivity (Wildman–Crippen MR) is 110 cm³/mol. The summed E-state index contributed by atoms with van der Waals surface area (Å²) in [4.78, 5) is 0. The fourth-order valence-corrected chi connectivity index (χ4v) is 5.89. The zero-order valence-electron chi connectivity index (χ0n) is 16.8. The van der Waals surface area contributed by atoms with Gasteiger partial charge in [0.05, 0.1) is 6.10 Å². The van der Waals surface area contributed by atoms with Crippen molar-refractivity contribution in [2.24, 2.45) is 17.3 Å². The SMILES string of the molecule is CC1(C)[C@H]2CC=C(C(CCCCc3ccccc3)O[Si](C)(C)C)[C@@H]1C2. The number of hydrogen-bond donors (Lipinski definition) is 0. The average molecular weight is 357 g/mol. The van der Waals surface area contributed by atoms with Crippen LogP contribution < -0.4 is 0 Å². The molecule has 3 aliphatic carbocycles. The molecule has 1 fully saturated rings. The molecule has 1 nitrogen and oxygen atoms in total. The second-order valence-electron chi connectivity index (χ2n) is 9.70. The second-order valence-corrected chi connectivity index (χ2v) is 14.2. The molecule has 0 aromatic heterocycles. The first kappa shape index (κ1) is 18.9. The molecule has 2 heteroatoms. The molecule has 0 radical (unpaired) electrons. The van der Waals surface area contributed by atoms with Crippen molar-refractivity contribution in [1.29, 1.82) is 0 Å². The van der Waals surface area contributed by atoms with E-state index in [2.05, 4.69) is 69.9 Å². The van der Waals surface area contributed by atoms with Gasteiger partial charge in [0.15, 0.2) is 8.32 Å². The molecule has 0 spiro atoms. The van der Waals surface area contributed by atoms with Crippen molar-refractivity contribution in [2.45, 2.75) is 78.1 Å². The highest BCUT2D eigenvalue weighted by molar-refractivity contribution is 6.69. The Morgan fingerprint density at radius 2 is 1.84 bits per heavy atom. The third-order valence-electron chi connectivity index (χ3n) is 6.40. The van der Waals surface area contributed by atoms with E-state index in [-0.39, 0.29) is 0 Å². The van der Waals surface area contributed by atoms with E-state index in [9.17, 15) is 0 Å². The Bertz CT molecular complexity index is 596. The average Bonchev–Trinajstić information content (AvgIpc) is 2.57. The fourth-order valence-electron chi connectivity index (χ4n) is 4.78. The van der Waals surface area contributed by atoms with Crippen LogP contribution in [0.4, 0.5) is 0 Å². The molecule has 2 bridgehead atoms. The smallest absolute Gasteiger partial charge is 0.184 e. The van der Waals surface area contributed by atoms with Gasteiger partial charge in [-0.3, -0.25) is 0 Å². The van der Waals surface area contributed by atoms with Crippen molar-refractivity contribution >= 4 is 8.32 Å². The van der Waals surface area contributed by atoms with E-state index in [0.717, 1.165) is 11.8 Å². The van der Waals surface area contributed by atoms with Crippen LogP contribution in [0.15, 0.2) is 42.0 Å². The van der Waals surface area contributed by atoms with E-state index in [4.69, 9.17) is 4.43 Å². The molecule has 1 aromatic rings. The summed E-state index contributed by atoms with van der Waals surface area (Å²) in [5.41, 5.74) is 3.61. The molecule has 0 N–H and O–H groups in total. The first-order chi connectivity index (χ1) is 11.8. The van der Waals surface area contributed by atoms with E-state index in [0.29, 0.717) is 11.5 Å². The number of rotatable bonds is 8. The highest BCUT2D eigenvalue weighted by atomic mass is 28.4. The molecule has 3 aliphatic rings. The van der Waals surface area contributed by atoms with E-state index < -0.39 is 8.32 Å². The molecule has 1 saturated carbocycles. The summed E-state index contributed by atoms with van der Waals surface area (Å²) in [5.74, 6) is 1.67. The van der Waals surface area contributed by atoms with Crippen LogP contribution in [0.5, 0.6) is 0 Å². The maximum absolute atomic E-state index is 6.69. The number of allylic oxidation sites excluding steroid dienone is 1. The maximum Gasteiger partial charge on any atom is 0.184 e. The van der Waals surface area contributed by atoms with Gasteiger partial charge in [-0.05, 0) is 80.1 Å². The molecule has 1 unspecified atom stereocenters. The van der Waals surface area contributed by atoms with Gasteiger partial charge in [0.1, 0.15) is 0 Å². The molecule has 3 atom stereocenters. The quantitative estimate of drug-likeness (QED) is 0.289. The Hall–Kier alpha value is -0.863. The number of aryl methyl sites for hydroxylation is 1. The van der Waals surface area contributed by atoms with Gasteiger partial charge < -0.3 is 4.43 Å². The van der Waals surface area contributed by atoms with Crippen LogP contribution >= 0.6 is 0 Å². The number of fused-ring (bicyclic) bond motifs is 1. The van der Waals surface area contributed by atoms with Crippen molar-refractivity contribution in [1.82, 2.24) is 0 Å². The molecule has 4 rings (SSSR count). The van der Waals surface area contributed by atoms with Gasteiger partial charge in [0.25, 0.3) is 0 Å². The van der Waals surface area contributed by atoms with Crippen LogP contribution in [0, 0.1) is 17.3 Å². The summed E-state index contributed by atoms with van der Waals surface area (Å²) in [6.45, 7) is 12.0. The summed E-state index contributed by atoms with van der Waals surface area (Å²) in [7, 11) is -1.53. The lowest BCUT2D eigenvalue weighted by molar-refractivity contribution is -0.0206. The van der Waals surface area contributed by atoms with Crippen LogP contribution in [-0.2, 0) is 10.8 Å². The Morgan fingerprint density at radius 1 is 1.12 bits per heavy atom. The zero-order valence-corrected chi connectivity index (χ0v) is 17.8. The lowest BCUT2D eigenvalue weighted by atomic mass is 9.48. The molecule has 0 heterocycles. The molecule has 0 amide bonds. The minimum atomic E-state index is -1.53. The first-order valence-corrected chi connectivity index (χ1v) is 13.6. The number of hydrogen-bond acceptors (Lipinski definition) is 1. The molecule has 0 saturated heterocycles. The lowest BCUT2D eigenvalue weighted by Gasteiger charge is -2.58. The van der Waals surface area contributed by atoms with Gasteiger partial charge in [-0.1, -0.05) is 56.7 Å². The molecular weight excluding hydrogens is 320 g/mol. The van der Waals surface area contributed by atoms with Gasteiger partial charge in [-0.15, -0.1) is 0 Å². The zero-order chi connectivity index (χ0) is 18.1. The minimum absolute atomic E-state index is 0.368. The minimum Gasteiger partial charge on any atom is -0.411 e. The predicted octanol–water partition coefficient (Wildman–Crippen LogP) is 6.61. The van der Waals surface area contributed by atoms with E-state index >= 15 is 0 Å². The van der Waals surface area contributed by atoms with Crippen molar-refractivity contribution < 1.29 is 4.43 Å². The van der Waals surface area contributed by atoms with Gasteiger partial charge >= 0.3 is 0 Å². The lowest BCUT2D eigenvalue weighted by Crippen LogP contribution is -2.51. The van der Waals surface area contributed by atoms with Crippen molar-refractivity contribution in [2.75, 3.05) is 0 Å². The highest BCUT2D eigenvalue weighted by Crippen LogP contribution is 2.60. The number of unbranched alkanes of at least 4 members (excludes halogenated alkanes) is 1. The Balaban J connectivity index is 1.59. The third kappa shape index (κ3) is 4.46. The van der Waals surface area contributed by atoms with Crippen LogP contribution in [0.25, 0.3) is 0 Å². The van der Waals surface area contributed by atoms with E-state index in [1.807, 2.05) is 0 Å². The standard InChI is InChI=1S/C23H36OSi/c1-23(2)19-15-16-20(21(23)17-19)22(24-25(3,4)5)14-10-9-13-18-11-7-6-8-12-18/h6-8,11-12,16,19,21-22H,9-10,13-15,17H2,1-5H3/t19-,21-,22?/m0/s1. The van der Waals surface area contributed by atoms with Gasteiger partial charge in [-0.2, -0.15) is 0 Å². The topological polar surface area (TPSA) is 9.23 Å². The van der Waals surface area contributed by atoms with Gasteiger partial charge in [0.2, 0.25) is 0 Å². The normalized spacial score (nSPS) is 25.9. The van der Waals surface area contributed by atoms with E-state index in [1.165, 1.54) is 44.1 Å². The van der Waals surface area contributed by atoms with Crippen LogP contribution in [0.2, 0.25) is 19.6 Å². The first-order valence-electron chi connectivity index (χ1n) is 10.2. The van der Waals surface area contributed by atoms with Crippen LogP contribution in [0.1, 0.15) is 51.5 Å². The Morgan fingerprint density at radius 3 is 2.44 bits per heavy atom. The van der Waals surface area contributed by atoms with Crippen LogP contribution in [-0.4, -0.2) is 14.4 Å². The summed E-state index contributed by atoms with van der Waals surface area (Å²) < 4.78 is 6.69. The summed E-state index contributed by atoms with van der Waals surface area (Å²) in [5, 5.41) is 0. The Kier molecular flexibility index (Phi) is 5.60. The van der Waals surface area contributed by atoms with Gasteiger partial charge in [-0.25, -0.2) is 0 Å². The summed E-state index contributed by atoms with van der Waals surface area (Å²) in [6, 6.07) is 10.9. The summed E-state index contributed by atoms with van der Waals surface area (Å²) in [6.07, 6.45) is 10.5. The van der Waals surface area contributed by atoms with Gasteiger partial charge in [0, 0.05) is 0 Å². The molecule has 138 valence electrons. The summed E-state index contributed by atoms with van der Waals surface area (Å²) >= 11 is 0. The van der Waals surface area contributed by atoms with E-state index in [1.54, 1.807) is 5.57 Å². The van der Waals surface area contributed by atoms with Crippen LogP contribution in [0.3, 0.4) is 0 Å². The van der Waals surface area contributed by atoms with Crippen molar-refractivity contribution in [3.63, 3.8) is 0 Å². The fraction of sp³-hybridized carbons (Fsp3) is 0.652.